The van der Waals surface area contributed by atoms with Gasteiger partial charge in [0.2, 0.25) is 5.95 Å². The predicted molar refractivity (Wildman–Crippen MR) is 439 cm³/mol. The highest BCUT2D eigenvalue weighted by Crippen LogP contribution is 2.40. The van der Waals surface area contributed by atoms with Crippen molar-refractivity contribution in [2.24, 2.45) is 0 Å². The summed E-state index contributed by atoms with van der Waals surface area (Å²) in [5, 5.41) is 23.0. The van der Waals surface area contributed by atoms with E-state index in [9.17, 15) is 4.39 Å². The summed E-state index contributed by atoms with van der Waals surface area (Å²) in [5.41, 5.74) is 20.2. The lowest BCUT2D eigenvalue weighted by atomic mass is 9.87. The van der Waals surface area contributed by atoms with Crippen LogP contribution in [0.3, 0.4) is 0 Å². The second kappa shape index (κ2) is 32.0. The molecular weight excluding hydrogens is 1460 g/mol. The maximum Gasteiger partial charge on any atom is 0.231 e. The van der Waals surface area contributed by atoms with Gasteiger partial charge in [0.05, 0.1) is 51.7 Å². The summed E-state index contributed by atoms with van der Waals surface area (Å²) in [7, 11) is 0. The van der Waals surface area contributed by atoms with Crippen LogP contribution in [0.15, 0.2) is 165 Å². The predicted octanol–water partition coefficient (Wildman–Crippen LogP) is 12.0. The molecule has 115 heavy (non-hydrogen) atoms. The number of H-pyrrole nitrogens is 3. The number of nitrogens with zero attached hydrogens (tertiary/aromatic N) is 24. The number of pyridine rings is 6. The number of nitrogens with one attached hydrogen (secondary N) is 3. The van der Waals surface area contributed by atoms with E-state index in [0.29, 0.717) is 78.8 Å². The highest BCUT2D eigenvalue weighted by atomic mass is 32.1. The van der Waals surface area contributed by atoms with Crippen LogP contribution in [0.25, 0.3) is 50.7 Å². The summed E-state index contributed by atoms with van der Waals surface area (Å²) >= 11 is 1.68. The molecule has 23 rings (SSSR count). The molecule has 0 saturated carbocycles. The molecule has 14 aromatic rings. The van der Waals surface area contributed by atoms with Crippen molar-refractivity contribution in [3.63, 3.8) is 0 Å². The van der Waals surface area contributed by atoms with Crippen LogP contribution in [0, 0.1) is 61.3 Å². The molecule has 23 heterocycles. The summed E-state index contributed by atoms with van der Waals surface area (Å²) in [6.07, 6.45) is 21.9. The number of hydrogen-bond acceptors (Lipinski definition) is 24. The molecular formula is C86H90FN27S. The van der Waals surface area contributed by atoms with Gasteiger partial charge in [0.25, 0.3) is 0 Å². The van der Waals surface area contributed by atoms with E-state index in [1.54, 1.807) is 15.9 Å². The third kappa shape index (κ3) is 16.9. The van der Waals surface area contributed by atoms with Crippen molar-refractivity contribution in [3.05, 3.63) is 267 Å². The van der Waals surface area contributed by atoms with E-state index in [4.69, 9.17) is 29.9 Å². The van der Waals surface area contributed by atoms with Crippen molar-refractivity contribution >= 4 is 28.8 Å². The van der Waals surface area contributed by atoms with Gasteiger partial charge in [-0.05, 0) is 182 Å². The van der Waals surface area contributed by atoms with Crippen molar-refractivity contribution in [2.45, 2.75) is 150 Å². The van der Waals surface area contributed by atoms with E-state index in [2.05, 4.69) is 193 Å². The molecule has 9 aliphatic heterocycles. The first-order valence-electron chi connectivity index (χ1n) is 39.4. The molecule has 582 valence electrons. The summed E-state index contributed by atoms with van der Waals surface area (Å²) in [5.74, 6) is 5.28. The van der Waals surface area contributed by atoms with Gasteiger partial charge in [-0.1, -0.05) is 18.2 Å². The number of halogens is 1. The maximum atomic E-state index is 13.2. The van der Waals surface area contributed by atoms with Crippen molar-refractivity contribution in [3.8, 4) is 50.7 Å². The lowest BCUT2D eigenvalue weighted by Gasteiger charge is -2.56. The molecule has 0 spiro atoms. The topological polar surface area (TPSA) is 291 Å². The quantitative estimate of drug-likeness (QED) is 0.0639. The summed E-state index contributed by atoms with van der Waals surface area (Å²) in [6.45, 7) is 24.7. The van der Waals surface area contributed by atoms with E-state index >= 15 is 0 Å². The Bertz CT molecular complexity index is 5440. The zero-order valence-corrected chi connectivity index (χ0v) is 66.5. The number of piperidine rings is 3. The van der Waals surface area contributed by atoms with Gasteiger partial charge in [-0.2, -0.15) is 19.7 Å². The van der Waals surface area contributed by atoms with Crippen molar-refractivity contribution in [1.82, 2.24) is 120 Å². The normalized spacial score (nSPS) is 18.9. The minimum absolute atomic E-state index is 0.482. The number of fused-ring (bicyclic) bond motifs is 6. The second-order valence-corrected chi connectivity index (χ2v) is 32.7. The van der Waals surface area contributed by atoms with Crippen LogP contribution in [-0.4, -0.2) is 195 Å². The molecule has 9 saturated heterocycles. The standard InChI is InChI=1S/C30H31N9S.C29H29FN10.C27H30N8/c1-18-8-23(10-24-9-19(2)36-37-24)35-29(34-18)22-5-7-28(32-14-22)38-16-25-11-26(17-38)39(25)15-21-4-6-27(31-13-21)30-33-12-20(3)40-30;1-18-7-22(9-23-8-19(2)36-37-23)35-29(34-18)21-4-6-27(32-12-21)38-14-24-10-25(15-38)40(24)13-20-3-5-28(31-11-20)39-16-26(30)33-17-39;1-17-4-6-21(28-12-17)14-35-24-11-25(35)16-34(15-24)26-7-5-20(13-29-26)27-30-18(2)8-22(31-27)10-23-9-19(3)32-33-23/h4-9,12-14,25-26H,10-11,15-17H2,1-3H3,(H,36,37);3-8,11-12,16-17,24-25H,9-10,13-15H2,1-2H3,(H,36,37);4-9,12-13,24-25H,10-11,14-16H2,1-3H3,(H,32,33). The third-order valence-electron chi connectivity index (χ3n) is 22.4. The number of hydrogen-bond donors (Lipinski definition) is 3. The molecule has 0 aliphatic carbocycles. The van der Waals surface area contributed by atoms with Crippen LogP contribution in [0.2, 0.25) is 0 Å². The van der Waals surface area contributed by atoms with Gasteiger partial charge in [0.1, 0.15) is 34.6 Å². The van der Waals surface area contributed by atoms with Crippen molar-refractivity contribution < 1.29 is 4.39 Å². The zero-order chi connectivity index (χ0) is 78.4. The van der Waals surface area contributed by atoms with Crippen LogP contribution in [0.5, 0.6) is 0 Å². The Morgan fingerprint density at radius 3 is 1.13 bits per heavy atom. The van der Waals surface area contributed by atoms with Gasteiger partial charge in [-0.25, -0.2) is 59.8 Å². The van der Waals surface area contributed by atoms with Crippen LogP contribution < -0.4 is 14.7 Å². The Kier molecular flexibility index (Phi) is 20.7. The van der Waals surface area contributed by atoms with Crippen LogP contribution in [0.4, 0.5) is 21.8 Å². The van der Waals surface area contributed by atoms with Gasteiger partial charge in [0.15, 0.2) is 17.5 Å². The molecule has 14 aromatic heterocycles. The number of piperazine rings is 3. The fourth-order valence-corrected chi connectivity index (χ4v) is 17.5. The van der Waals surface area contributed by atoms with Gasteiger partial charge < -0.3 is 14.7 Å². The first-order valence-corrected chi connectivity index (χ1v) is 40.2. The fourth-order valence-electron chi connectivity index (χ4n) is 16.7. The lowest BCUT2D eigenvalue weighted by molar-refractivity contribution is -0.00968. The SMILES string of the molecule is Cc1cc(Cc2cc(C)[nH]n2)nc(-c2ccc(N3CC4CC(C3)N4Cc3ccc(-c4ncc(C)s4)nc3)nc2)n1.Cc1cc(Cc2cc(C)[nH]n2)nc(-c2ccc(N3CC4CC(C3)N4Cc3ccc(-n4cnc(F)c4)nc3)nc2)n1.Cc1ccc(CN2C3CC2CN(c2ccc(-c4nc(C)cc(Cc5cc(C)[nH]n5)n4)cn2)C3)nc1. The number of aromatic amines is 3. The Morgan fingerprint density at radius 2 is 0.791 bits per heavy atom. The largest absolute Gasteiger partial charge is 0.353 e. The lowest BCUT2D eigenvalue weighted by Crippen LogP contribution is -2.68. The molecule has 27 nitrogen and oxygen atoms in total. The van der Waals surface area contributed by atoms with Crippen LogP contribution in [-0.2, 0) is 38.9 Å². The van der Waals surface area contributed by atoms with Crippen LogP contribution in [0.1, 0.15) is 115 Å². The third-order valence-corrected chi connectivity index (χ3v) is 23.4. The monoisotopic (exact) mass is 1550 g/mol. The first kappa shape index (κ1) is 74.2. The first-order chi connectivity index (χ1) is 55.9. The Hall–Kier alpha value is -12.2. The molecule has 6 atom stereocenters. The van der Waals surface area contributed by atoms with E-state index in [-0.39, 0.29) is 0 Å². The number of aromatic nitrogens is 21. The molecule has 9 fully saturated rings. The second-order valence-electron chi connectivity index (χ2n) is 31.5. The zero-order valence-electron chi connectivity index (χ0n) is 65.7. The van der Waals surface area contributed by atoms with E-state index < -0.39 is 5.95 Å². The van der Waals surface area contributed by atoms with E-state index in [1.807, 2.05) is 115 Å². The van der Waals surface area contributed by atoms with Gasteiger partial charge in [0, 0.05) is 214 Å². The number of aryl methyl sites for hydroxylation is 8. The van der Waals surface area contributed by atoms with Gasteiger partial charge in [-0.15, -0.1) is 11.3 Å². The van der Waals surface area contributed by atoms with Gasteiger partial charge in [-0.3, -0.25) is 44.5 Å². The molecule has 3 N–H and O–H groups in total. The maximum absolute atomic E-state index is 13.2. The molecule has 0 amide bonds. The molecule has 6 unspecified atom stereocenters. The number of anilines is 3. The summed E-state index contributed by atoms with van der Waals surface area (Å²) < 4.78 is 14.8. The van der Waals surface area contributed by atoms with Crippen molar-refractivity contribution in [2.75, 3.05) is 54.0 Å². The minimum atomic E-state index is -0.512. The van der Waals surface area contributed by atoms with Crippen molar-refractivity contribution in [1.29, 1.82) is 0 Å². The average Bonchev–Trinajstić information content (AvgIpc) is 1.27. The highest BCUT2D eigenvalue weighted by Gasteiger charge is 2.47. The molecule has 29 heteroatoms. The smallest absolute Gasteiger partial charge is 0.231 e. The Labute approximate surface area is 670 Å². The number of imidazole rings is 1. The number of thiazole rings is 1. The molecule has 0 aromatic carbocycles. The molecule has 6 bridgehead atoms. The fraction of sp³-hybridized carbons (Fsp3) is 0.337. The summed E-state index contributed by atoms with van der Waals surface area (Å²) in [6, 6.07) is 40.4. The summed E-state index contributed by atoms with van der Waals surface area (Å²) in [4.78, 5) is 80.8. The average molecular weight is 1550 g/mol. The molecule has 0 radical (unpaired) electrons. The number of rotatable bonds is 20. The van der Waals surface area contributed by atoms with Crippen LogP contribution >= 0.6 is 11.3 Å². The Morgan fingerprint density at radius 1 is 0.374 bits per heavy atom. The highest BCUT2D eigenvalue weighted by molar-refractivity contribution is 7.14. The van der Waals surface area contributed by atoms with E-state index in [1.165, 1.54) is 47.8 Å². The van der Waals surface area contributed by atoms with Gasteiger partial charge >= 0.3 is 0 Å². The molecule has 9 aliphatic rings. The Balaban J connectivity index is 0.000000120. The van der Waals surface area contributed by atoms with E-state index in [0.717, 1.165) is 183 Å². The minimum Gasteiger partial charge on any atom is -0.353 e.